The monoisotopic (exact) mass is 453 g/mol. The molecular formula is C23H23N3O5S. The molecule has 1 aromatic heterocycles. The van der Waals surface area contributed by atoms with Crippen molar-refractivity contribution in [3.8, 4) is 12.3 Å². The number of amides is 3. The Morgan fingerprint density at radius 2 is 2.06 bits per heavy atom. The number of aryl methyl sites for hydroxylation is 1. The molecule has 166 valence electrons. The van der Waals surface area contributed by atoms with E-state index in [0.717, 1.165) is 11.3 Å². The van der Waals surface area contributed by atoms with Crippen molar-refractivity contribution in [2.24, 2.45) is 0 Å². The fraction of sp³-hybridized carbons (Fsp3) is 0.348. The van der Waals surface area contributed by atoms with Crippen molar-refractivity contribution in [2.45, 2.75) is 18.9 Å². The molecule has 3 amide bonds. The van der Waals surface area contributed by atoms with Gasteiger partial charge in [0, 0.05) is 30.9 Å². The Bertz CT molecular complexity index is 1100. The van der Waals surface area contributed by atoms with E-state index in [9.17, 15) is 14.4 Å². The lowest BCUT2D eigenvalue weighted by Crippen LogP contribution is -2.57. The summed E-state index contributed by atoms with van der Waals surface area (Å²) in [6.07, 6.45) is 5.74. The van der Waals surface area contributed by atoms with Gasteiger partial charge in [0.2, 0.25) is 0 Å². The highest BCUT2D eigenvalue weighted by Crippen LogP contribution is 2.27. The van der Waals surface area contributed by atoms with Crippen LogP contribution in [0, 0.1) is 19.3 Å². The summed E-state index contributed by atoms with van der Waals surface area (Å²) < 4.78 is 10.6. The van der Waals surface area contributed by atoms with E-state index in [0.29, 0.717) is 41.6 Å². The van der Waals surface area contributed by atoms with Crippen LogP contribution in [0.25, 0.3) is 0 Å². The van der Waals surface area contributed by atoms with Gasteiger partial charge < -0.3 is 25.0 Å². The van der Waals surface area contributed by atoms with Crippen molar-refractivity contribution >= 4 is 40.4 Å². The molecule has 4 rings (SSSR count). The maximum absolute atomic E-state index is 13.2. The zero-order chi connectivity index (χ0) is 22.7. The first-order valence-electron chi connectivity index (χ1n) is 10.2. The Morgan fingerprint density at radius 3 is 2.72 bits per heavy atom. The number of anilines is 2. The highest BCUT2D eigenvalue weighted by Gasteiger charge is 2.44. The van der Waals surface area contributed by atoms with Crippen LogP contribution in [0.5, 0.6) is 0 Å². The average molecular weight is 454 g/mol. The number of carbonyl (C=O) groups is 3. The summed E-state index contributed by atoms with van der Waals surface area (Å²) in [5.41, 5.74) is 1.03. The Kier molecular flexibility index (Phi) is 6.28. The maximum atomic E-state index is 13.2. The van der Waals surface area contributed by atoms with Crippen molar-refractivity contribution in [3.05, 3.63) is 45.6 Å². The van der Waals surface area contributed by atoms with Crippen LogP contribution in [-0.4, -0.2) is 56.2 Å². The summed E-state index contributed by atoms with van der Waals surface area (Å²) in [5.74, 6) is 1.68. The van der Waals surface area contributed by atoms with Crippen LogP contribution >= 0.6 is 11.3 Å². The lowest BCUT2D eigenvalue weighted by Gasteiger charge is -2.29. The molecule has 0 radical (unpaired) electrons. The van der Waals surface area contributed by atoms with Crippen LogP contribution in [0.15, 0.2) is 30.3 Å². The van der Waals surface area contributed by atoms with Gasteiger partial charge in [-0.2, -0.15) is 0 Å². The Balaban J connectivity index is 1.49. The first-order chi connectivity index (χ1) is 15.4. The number of terminal acetylenes is 1. The molecule has 2 fully saturated rings. The molecule has 9 heteroatoms. The van der Waals surface area contributed by atoms with Crippen LogP contribution < -0.4 is 15.5 Å². The molecular weight excluding hydrogens is 430 g/mol. The molecule has 8 nitrogen and oxygen atoms in total. The highest BCUT2D eigenvalue weighted by molar-refractivity contribution is 7.14. The fourth-order valence-corrected chi connectivity index (χ4v) is 4.49. The number of nitrogens with zero attached hydrogens (tertiary/aromatic N) is 1. The molecule has 0 spiro atoms. The van der Waals surface area contributed by atoms with Crippen LogP contribution in [0.3, 0.4) is 0 Å². The third-order valence-electron chi connectivity index (χ3n) is 5.51. The molecule has 2 saturated heterocycles. The molecule has 1 unspecified atom stereocenters. The molecule has 0 saturated carbocycles. The van der Waals surface area contributed by atoms with E-state index in [1.165, 1.54) is 11.3 Å². The van der Waals surface area contributed by atoms with Crippen LogP contribution in [0.2, 0.25) is 0 Å². The number of hydrogen-bond acceptors (Lipinski definition) is 6. The number of ether oxygens (including phenoxy) is 2. The van der Waals surface area contributed by atoms with E-state index in [4.69, 9.17) is 15.9 Å². The smallest absolute Gasteiger partial charge is 0.262 e. The summed E-state index contributed by atoms with van der Waals surface area (Å²) in [7, 11) is 0. The SMILES string of the molecule is C#Cc1ccc(C(=O)NC2(C(=O)Nc3ccc(N4CCOCC4=O)c(C)c3)CCOC2)s1. The topological polar surface area (TPSA) is 97.0 Å². The molecule has 32 heavy (non-hydrogen) atoms. The number of morpholine rings is 1. The van der Waals surface area contributed by atoms with Gasteiger partial charge in [0.15, 0.2) is 0 Å². The molecule has 2 aliphatic rings. The van der Waals surface area contributed by atoms with Crippen LogP contribution in [0.1, 0.15) is 26.5 Å². The van der Waals surface area contributed by atoms with Gasteiger partial charge in [0.05, 0.1) is 23.0 Å². The number of carbonyl (C=O) groups excluding carboxylic acids is 3. The van der Waals surface area contributed by atoms with E-state index in [-0.39, 0.29) is 30.9 Å². The van der Waals surface area contributed by atoms with Gasteiger partial charge in [-0.1, -0.05) is 5.92 Å². The predicted octanol–water partition coefficient (Wildman–Crippen LogP) is 1.93. The average Bonchev–Trinajstić information content (AvgIpc) is 3.45. The Hall–Kier alpha value is -3.19. The summed E-state index contributed by atoms with van der Waals surface area (Å²) >= 11 is 1.19. The Labute approximate surface area is 189 Å². The maximum Gasteiger partial charge on any atom is 0.262 e. The van der Waals surface area contributed by atoms with Gasteiger partial charge in [-0.25, -0.2) is 0 Å². The second-order valence-electron chi connectivity index (χ2n) is 7.70. The number of thiophene rings is 1. The minimum Gasteiger partial charge on any atom is -0.378 e. The lowest BCUT2D eigenvalue weighted by molar-refractivity contribution is -0.125. The standard InChI is InChI=1S/C23H23N3O5S/c1-3-17-5-7-19(32-17)21(28)25-23(8-10-31-14-23)22(29)24-16-4-6-18(15(2)12-16)26-9-11-30-13-20(26)27/h1,4-7,12H,8-11,13-14H2,2H3,(H,24,29)(H,25,28). The molecule has 2 N–H and O–H groups in total. The zero-order valence-corrected chi connectivity index (χ0v) is 18.4. The van der Waals surface area contributed by atoms with Crippen molar-refractivity contribution in [1.82, 2.24) is 5.32 Å². The molecule has 1 aromatic carbocycles. The zero-order valence-electron chi connectivity index (χ0n) is 17.6. The van der Waals surface area contributed by atoms with Gasteiger partial charge in [0.25, 0.3) is 17.7 Å². The van der Waals surface area contributed by atoms with E-state index in [1.54, 1.807) is 35.2 Å². The summed E-state index contributed by atoms with van der Waals surface area (Å²) in [4.78, 5) is 40.8. The third kappa shape index (κ3) is 4.39. The predicted molar refractivity (Wildman–Crippen MR) is 121 cm³/mol. The van der Waals surface area contributed by atoms with Crippen molar-refractivity contribution in [2.75, 3.05) is 43.2 Å². The Morgan fingerprint density at radius 1 is 1.22 bits per heavy atom. The van der Waals surface area contributed by atoms with E-state index < -0.39 is 5.54 Å². The second-order valence-corrected chi connectivity index (χ2v) is 8.78. The van der Waals surface area contributed by atoms with Crippen molar-refractivity contribution in [3.63, 3.8) is 0 Å². The molecule has 3 heterocycles. The normalized spacial score (nSPS) is 20.6. The quantitative estimate of drug-likeness (QED) is 0.675. The number of hydrogen-bond donors (Lipinski definition) is 2. The first-order valence-corrected chi connectivity index (χ1v) is 11.0. The van der Waals surface area contributed by atoms with Gasteiger partial charge in [-0.3, -0.25) is 14.4 Å². The minimum absolute atomic E-state index is 0.0627. The van der Waals surface area contributed by atoms with Crippen LogP contribution in [-0.2, 0) is 19.1 Å². The fourth-order valence-electron chi connectivity index (χ4n) is 3.78. The van der Waals surface area contributed by atoms with Crippen molar-refractivity contribution < 1.29 is 23.9 Å². The van der Waals surface area contributed by atoms with Crippen LogP contribution in [0.4, 0.5) is 11.4 Å². The number of benzene rings is 1. The van der Waals surface area contributed by atoms with E-state index >= 15 is 0 Å². The molecule has 2 aromatic rings. The lowest BCUT2D eigenvalue weighted by atomic mass is 9.96. The molecule has 0 bridgehead atoms. The van der Waals surface area contributed by atoms with Gasteiger partial charge in [-0.05, 0) is 42.8 Å². The second kappa shape index (κ2) is 9.12. The van der Waals surface area contributed by atoms with E-state index in [2.05, 4.69) is 16.6 Å². The molecule has 2 aliphatic heterocycles. The molecule has 0 aliphatic carbocycles. The van der Waals surface area contributed by atoms with Gasteiger partial charge in [0.1, 0.15) is 12.1 Å². The van der Waals surface area contributed by atoms with Crippen molar-refractivity contribution in [1.29, 1.82) is 0 Å². The third-order valence-corrected chi connectivity index (χ3v) is 6.53. The molecule has 1 atom stereocenters. The largest absolute Gasteiger partial charge is 0.378 e. The summed E-state index contributed by atoms with van der Waals surface area (Å²) in [5, 5.41) is 5.74. The van der Waals surface area contributed by atoms with E-state index in [1.807, 2.05) is 6.92 Å². The number of rotatable bonds is 5. The summed E-state index contributed by atoms with van der Waals surface area (Å²) in [6.45, 7) is 3.36. The highest BCUT2D eigenvalue weighted by atomic mass is 32.1. The summed E-state index contributed by atoms with van der Waals surface area (Å²) in [6, 6.07) is 8.69. The number of nitrogens with one attached hydrogen (secondary N) is 2. The van der Waals surface area contributed by atoms with Gasteiger partial charge in [-0.15, -0.1) is 17.8 Å². The van der Waals surface area contributed by atoms with Gasteiger partial charge >= 0.3 is 0 Å². The minimum atomic E-state index is -1.18. The first kappa shape index (κ1) is 22.0.